The van der Waals surface area contributed by atoms with E-state index in [4.69, 9.17) is 9.84 Å². The molecule has 0 aliphatic heterocycles. The normalized spacial score (nSPS) is 38.0. The highest BCUT2D eigenvalue weighted by atomic mass is 19.1. The standard InChI is InChI=1S/C23H26FNO4/c24-18-6-19(16(13-1-2-13)5-17(18)21(28)25-10-20(26)27)29-11-22-7-12-3-14-4-15(9-22)23(14,22)8-12/h5-6,12-15H,1-4,7-11H2,(H,25,28)(H,26,27). The van der Waals surface area contributed by atoms with E-state index in [1.807, 2.05) is 0 Å². The molecule has 1 spiro atoms. The fourth-order valence-corrected chi connectivity index (χ4v) is 7.70. The van der Waals surface area contributed by atoms with Gasteiger partial charge in [-0.25, -0.2) is 4.39 Å². The Hall–Kier alpha value is -2.11. The summed E-state index contributed by atoms with van der Waals surface area (Å²) in [7, 11) is 0. The maximum absolute atomic E-state index is 14.7. The Morgan fingerprint density at radius 1 is 1.17 bits per heavy atom. The highest BCUT2D eigenvalue weighted by molar-refractivity contribution is 5.96. The molecule has 0 saturated heterocycles. The fourth-order valence-electron chi connectivity index (χ4n) is 7.70. The number of benzene rings is 1. The highest BCUT2D eigenvalue weighted by Crippen LogP contribution is 2.86. The van der Waals surface area contributed by atoms with Crippen LogP contribution in [0, 0.1) is 34.4 Å². The van der Waals surface area contributed by atoms with Gasteiger partial charge in [-0.1, -0.05) is 0 Å². The number of aliphatic carboxylic acids is 1. The molecule has 1 aromatic rings. The van der Waals surface area contributed by atoms with Crippen molar-refractivity contribution in [2.24, 2.45) is 28.6 Å². The number of carboxylic acids is 1. The fraction of sp³-hybridized carbons (Fsp3) is 0.652. The lowest BCUT2D eigenvalue weighted by molar-refractivity contribution is -0.254. The second-order valence-corrected chi connectivity index (χ2v) is 10.2. The number of carbonyl (C=O) groups excluding carboxylic acids is 1. The monoisotopic (exact) mass is 399 g/mol. The molecule has 5 aliphatic carbocycles. The topological polar surface area (TPSA) is 75.6 Å². The van der Waals surface area contributed by atoms with Crippen molar-refractivity contribution in [3.8, 4) is 5.75 Å². The lowest BCUT2D eigenvalue weighted by Crippen LogP contribution is -2.68. The Morgan fingerprint density at radius 2 is 2.00 bits per heavy atom. The van der Waals surface area contributed by atoms with Crippen LogP contribution in [0.2, 0.25) is 0 Å². The second-order valence-electron chi connectivity index (χ2n) is 10.2. The van der Waals surface area contributed by atoms with Crippen LogP contribution in [-0.2, 0) is 4.79 Å². The molecule has 5 aliphatic rings. The molecule has 5 fully saturated rings. The molecule has 154 valence electrons. The van der Waals surface area contributed by atoms with Gasteiger partial charge in [-0.05, 0) is 85.7 Å². The van der Waals surface area contributed by atoms with Crippen molar-refractivity contribution in [3.63, 3.8) is 0 Å². The van der Waals surface area contributed by atoms with E-state index in [9.17, 15) is 14.0 Å². The van der Waals surface area contributed by atoms with Crippen LogP contribution in [0.15, 0.2) is 12.1 Å². The molecule has 1 aromatic carbocycles. The number of nitrogens with one attached hydrogen (secondary N) is 1. The Balaban J connectivity index is 1.23. The Morgan fingerprint density at radius 3 is 2.69 bits per heavy atom. The van der Waals surface area contributed by atoms with Gasteiger partial charge in [0.25, 0.3) is 5.91 Å². The summed E-state index contributed by atoms with van der Waals surface area (Å²) in [5, 5.41) is 11.0. The number of amides is 1. The van der Waals surface area contributed by atoms with Crippen molar-refractivity contribution in [3.05, 3.63) is 29.1 Å². The Labute approximate surface area is 169 Å². The van der Waals surface area contributed by atoms with E-state index < -0.39 is 24.2 Å². The van der Waals surface area contributed by atoms with Crippen LogP contribution in [0.25, 0.3) is 0 Å². The van der Waals surface area contributed by atoms with Gasteiger partial charge in [0.05, 0.1) is 12.2 Å². The molecule has 2 bridgehead atoms. The van der Waals surface area contributed by atoms with Gasteiger partial charge in [0.15, 0.2) is 0 Å². The van der Waals surface area contributed by atoms with Crippen molar-refractivity contribution in [2.45, 2.75) is 50.9 Å². The van der Waals surface area contributed by atoms with Crippen LogP contribution < -0.4 is 10.1 Å². The lowest BCUT2D eigenvalue weighted by Gasteiger charge is -2.72. The molecule has 0 heterocycles. The first-order valence-electron chi connectivity index (χ1n) is 10.9. The van der Waals surface area contributed by atoms with E-state index in [1.54, 1.807) is 6.07 Å². The Bertz CT molecular complexity index is 928. The number of carboxylic acid groups (broad SMARTS) is 1. The van der Waals surface area contributed by atoms with Crippen LogP contribution in [0.4, 0.5) is 4.39 Å². The van der Waals surface area contributed by atoms with Gasteiger partial charge < -0.3 is 15.2 Å². The van der Waals surface area contributed by atoms with Crippen molar-refractivity contribution in [1.29, 1.82) is 0 Å². The molecule has 6 rings (SSSR count). The van der Waals surface area contributed by atoms with Gasteiger partial charge in [0.2, 0.25) is 0 Å². The molecule has 5 atom stereocenters. The van der Waals surface area contributed by atoms with Gasteiger partial charge in [0.1, 0.15) is 18.1 Å². The third-order valence-electron chi connectivity index (χ3n) is 8.84. The van der Waals surface area contributed by atoms with Gasteiger partial charge >= 0.3 is 5.97 Å². The first-order chi connectivity index (χ1) is 13.9. The quantitative estimate of drug-likeness (QED) is 0.733. The number of rotatable bonds is 7. The largest absolute Gasteiger partial charge is 0.493 e. The smallest absolute Gasteiger partial charge is 0.322 e. The van der Waals surface area contributed by atoms with E-state index in [-0.39, 0.29) is 5.56 Å². The summed E-state index contributed by atoms with van der Waals surface area (Å²) in [6.07, 6.45) is 8.73. The molecule has 1 amide bonds. The minimum atomic E-state index is -1.15. The summed E-state index contributed by atoms with van der Waals surface area (Å²) < 4.78 is 21.0. The average molecular weight is 399 g/mol. The third-order valence-corrected chi connectivity index (χ3v) is 8.84. The summed E-state index contributed by atoms with van der Waals surface area (Å²) in [5.74, 6) is 1.03. The van der Waals surface area contributed by atoms with E-state index in [2.05, 4.69) is 5.32 Å². The molecular formula is C23H26FNO4. The second kappa shape index (κ2) is 5.73. The average Bonchev–Trinajstić information content (AvgIpc) is 3.38. The van der Waals surface area contributed by atoms with Gasteiger partial charge in [-0.3, -0.25) is 9.59 Å². The number of halogens is 1. The molecule has 5 saturated carbocycles. The first kappa shape index (κ1) is 17.7. The van der Waals surface area contributed by atoms with Crippen molar-refractivity contribution in [1.82, 2.24) is 5.32 Å². The van der Waals surface area contributed by atoms with Crippen LogP contribution in [0.3, 0.4) is 0 Å². The van der Waals surface area contributed by atoms with Crippen LogP contribution in [0.1, 0.15) is 66.8 Å². The zero-order valence-corrected chi connectivity index (χ0v) is 16.4. The number of hydrogen-bond donors (Lipinski definition) is 2. The zero-order valence-electron chi connectivity index (χ0n) is 16.4. The predicted octanol–water partition coefficient (Wildman–Crippen LogP) is 3.72. The zero-order chi connectivity index (χ0) is 20.0. The number of ether oxygens (including phenoxy) is 1. The highest BCUT2D eigenvalue weighted by Gasteiger charge is 2.80. The van der Waals surface area contributed by atoms with Crippen LogP contribution in [0.5, 0.6) is 5.75 Å². The Kier molecular flexibility index (Phi) is 3.50. The van der Waals surface area contributed by atoms with E-state index in [0.29, 0.717) is 29.1 Å². The molecular weight excluding hydrogens is 373 g/mol. The number of carbonyl (C=O) groups is 2. The van der Waals surface area contributed by atoms with Gasteiger partial charge in [0, 0.05) is 11.5 Å². The molecule has 0 radical (unpaired) electrons. The van der Waals surface area contributed by atoms with Gasteiger partial charge in [-0.15, -0.1) is 0 Å². The van der Waals surface area contributed by atoms with Crippen molar-refractivity contribution < 1.29 is 23.8 Å². The molecule has 5 nitrogen and oxygen atoms in total. The molecule has 5 unspecified atom stereocenters. The summed E-state index contributed by atoms with van der Waals surface area (Å²) >= 11 is 0. The van der Waals surface area contributed by atoms with Crippen molar-refractivity contribution in [2.75, 3.05) is 13.2 Å². The number of hydrogen-bond acceptors (Lipinski definition) is 3. The van der Waals surface area contributed by atoms with Crippen LogP contribution >= 0.6 is 0 Å². The molecule has 0 aromatic heterocycles. The van der Waals surface area contributed by atoms with E-state index in [1.165, 1.54) is 38.2 Å². The van der Waals surface area contributed by atoms with E-state index in [0.717, 1.165) is 36.2 Å². The lowest BCUT2D eigenvalue weighted by atomic mass is 9.32. The molecule has 6 heteroatoms. The molecule has 2 N–H and O–H groups in total. The first-order valence-corrected chi connectivity index (χ1v) is 10.9. The third kappa shape index (κ3) is 2.32. The summed E-state index contributed by atoms with van der Waals surface area (Å²) in [5.41, 5.74) is 1.61. The SMILES string of the molecule is O=C(O)CNC(=O)c1cc(C2CC2)c(OCC23CC4CC5CC(C2)C53C4)cc1F. The summed E-state index contributed by atoms with van der Waals surface area (Å²) in [4.78, 5) is 22.9. The minimum Gasteiger partial charge on any atom is -0.493 e. The summed E-state index contributed by atoms with van der Waals surface area (Å²) in [6.45, 7) is 0.142. The number of fused-ring (bicyclic) bond motifs is 1. The van der Waals surface area contributed by atoms with E-state index >= 15 is 0 Å². The predicted molar refractivity (Wildman–Crippen MR) is 102 cm³/mol. The minimum absolute atomic E-state index is 0.0973. The van der Waals surface area contributed by atoms with Crippen molar-refractivity contribution >= 4 is 11.9 Å². The maximum Gasteiger partial charge on any atom is 0.322 e. The molecule has 29 heavy (non-hydrogen) atoms. The summed E-state index contributed by atoms with van der Waals surface area (Å²) in [6, 6.07) is 2.92. The van der Waals surface area contributed by atoms with Crippen LogP contribution in [-0.4, -0.2) is 30.1 Å². The van der Waals surface area contributed by atoms with Gasteiger partial charge in [-0.2, -0.15) is 0 Å². The maximum atomic E-state index is 14.7.